The van der Waals surface area contributed by atoms with E-state index in [2.05, 4.69) is 88.5 Å². The maximum atomic E-state index is 13.1. The number of benzene rings is 4. The average molecular weight is 1450 g/mol. The smallest absolute Gasteiger partial charge is 0.293 e. The van der Waals surface area contributed by atoms with Gasteiger partial charge in [-0.1, -0.05) is 81.3 Å². The number of nitriles is 1. The molecule has 0 spiro atoms. The molecule has 2 aliphatic heterocycles. The largest absolute Gasteiger partial charge is 0.511 e. The maximum Gasteiger partial charge on any atom is 0.293 e. The molecule has 486 valence electrons. The number of fused-ring (bicyclic) bond motifs is 1. The number of nitrogens with one attached hydrogen (secondary N) is 3. The lowest BCUT2D eigenvalue weighted by Gasteiger charge is -2.37. The summed E-state index contributed by atoms with van der Waals surface area (Å²) in [6.45, 7) is 11.0. The number of rotatable bonds is 17. The summed E-state index contributed by atoms with van der Waals surface area (Å²) in [6, 6.07) is 31.6. The van der Waals surface area contributed by atoms with Crippen molar-refractivity contribution in [2.24, 2.45) is 7.05 Å². The third-order valence-corrected chi connectivity index (χ3v) is 19.5. The molecule has 21 nitrogen and oxygen atoms in total. The lowest BCUT2D eigenvalue weighted by Crippen LogP contribution is -2.48. The zero-order chi connectivity index (χ0) is 65.8. The van der Waals surface area contributed by atoms with E-state index in [-0.39, 0.29) is 64.7 Å². The van der Waals surface area contributed by atoms with Crippen LogP contribution in [0.25, 0.3) is 11.3 Å². The minimum absolute atomic E-state index is 0. The summed E-state index contributed by atoms with van der Waals surface area (Å²) in [6.07, 6.45) is 8.43. The van der Waals surface area contributed by atoms with Gasteiger partial charge in [0.1, 0.15) is 35.3 Å². The highest BCUT2D eigenvalue weighted by molar-refractivity contribution is 9.11. The minimum atomic E-state index is -0.647. The fraction of sp³-hybridized carbons (Fsp3) is 0.313. The molecule has 26 heteroatoms. The van der Waals surface area contributed by atoms with E-state index < -0.39 is 5.91 Å². The van der Waals surface area contributed by atoms with Crippen LogP contribution in [0.3, 0.4) is 0 Å². The quantitative estimate of drug-likeness (QED) is 0.0245. The van der Waals surface area contributed by atoms with E-state index in [1.165, 1.54) is 46.1 Å². The van der Waals surface area contributed by atoms with Gasteiger partial charge in [0.15, 0.2) is 28.1 Å². The molecule has 4 aromatic heterocycles. The number of Topliss-reactive ketones (excluding diaryl/α,β-unsaturated/α-hetero) is 2. The number of ketones is 2. The number of carbonyl (C=O) groups is 4. The SMILES string of the molecule is C/C(O)=C(\C#N)C(=O)Nc1cc(Br)ccc1Br.CN1CCN(C)[C@H](c2ccc(Nc3nc(-c4cccc(CC(=O)c5cc6c(s5)CCCC6)c4)cn(C)c3=O)cc2)C1=O.Cc1nc(Nc2ncc(C(=O)Cc3c(C)cccc3Cl)s2)cc(N2CCN(CCO)CC2)n1.O. The number of halogens is 3. The molecule has 93 heavy (non-hydrogen) atoms. The number of hydrogen-bond donors (Lipinski definition) is 5. The molecule has 1 atom stereocenters. The Labute approximate surface area is 569 Å². The van der Waals surface area contributed by atoms with Gasteiger partial charge in [-0.15, -0.1) is 11.3 Å². The van der Waals surface area contributed by atoms with E-state index in [1.54, 1.807) is 66.0 Å². The lowest BCUT2D eigenvalue weighted by molar-refractivity contribution is -0.139. The summed E-state index contributed by atoms with van der Waals surface area (Å²) < 4.78 is 2.99. The summed E-state index contributed by atoms with van der Waals surface area (Å²) in [5, 5.41) is 37.1. The van der Waals surface area contributed by atoms with E-state index >= 15 is 0 Å². The van der Waals surface area contributed by atoms with Crippen LogP contribution in [0.4, 0.5) is 34.0 Å². The Bertz CT molecular complexity index is 4120. The van der Waals surface area contributed by atoms with Crippen molar-refractivity contribution >= 4 is 123 Å². The summed E-state index contributed by atoms with van der Waals surface area (Å²) >= 11 is 15.8. The summed E-state index contributed by atoms with van der Waals surface area (Å²) in [5.41, 5.74) is 7.14. The van der Waals surface area contributed by atoms with Crippen LogP contribution < -0.4 is 26.4 Å². The van der Waals surface area contributed by atoms with Crippen LogP contribution in [0, 0.1) is 25.2 Å². The van der Waals surface area contributed by atoms with Crippen molar-refractivity contribution in [3.05, 3.63) is 193 Å². The first-order valence-corrected chi connectivity index (χ1v) is 33.4. The van der Waals surface area contributed by atoms with Crippen molar-refractivity contribution in [2.45, 2.75) is 65.3 Å². The Balaban J connectivity index is 0.000000194. The van der Waals surface area contributed by atoms with Crippen LogP contribution in [0.5, 0.6) is 0 Å². The summed E-state index contributed by atoms with van der Waals surface area (Å²) in [7, 11) is 5.49. The lowest BCUT2D eigenvalue weighted by atomic mass is 9.98. The number of anilines is 6. The number of amides is 2. The molecule has 0 unspecified atom stereocenters. The number of carbonyl (C=O) groups excluding carboxylic acids is 4. The highest BCUT2D eigenvalue weighted by Crippen LogP contribution is 2.33. The van der Waals surface area contributed by atoms with Gasteiger partial charge in [-0.2, -0.15) is 5.26 Å². The van der Waals surface area contributed by atoms with Crippen molar-refractivity contribution in [2.75, 3.05) is 87.4 Å². The zero-order valence-corrected chi connectivity index (χ0v) is 57.8. The fourth-order valence-corrected chi connectivity index (χ4v) is 13.6. The Morgan fingerprint density at radius 1 is 0.817 bits per heavy atom. The minimum Gasteiger partial charge on any atom is -0.511 e. The molecule has 0 saturated carbocycles. The summed E-state index contributed by atoms with van der Waals surface area (Å²) in [4.78, 5) is 92.5. The van der Waals surface area contributed by atoms with Crippen molar-refractivity contribution in [1.29, 1.82) is 5.26 Å². The predicted molar refractivity (Wildman–Crippen MR) is 374 cm³/mol. The molecule has 0 bridgehead atoms. The number of allylic oxidation sites excluding steroid dienone is 1. The number of aromatic nitrogens is 5. The number of aliphatic hydroxyl groups is 2. The monoisotopic (exact) mass is 1440 g/mol. The van der Waals surface area contributed by atoms with Gasteiger partial charge in [-0.05, 0) is 146 Å². The fourth-order valence-electron chi connectivity index (χ4n) is 10.7. The Morgan fingerprint density at radius 2 is 1.55 bits per heavy atom. The van der Waals surface area contributed by atoms with Gasteiger partial charge in [0.2, 0.25) is 5.91 Å². The van der Waals surface area contributed by atoms with Crippen molar-refractivity contribution in [3.63, 3.8) is 0 Å². The number of thiophene rings is 1. The molecule has 11 rings (SSSR count). The van der Waals surface area contributed by atoms with E-state index in [1.807, 2.05) is 94.7 Å². The van der Waals surface area contributed by atoms with Gasteiger partial charge in [0.05, 0.1) is 33.9 Å². The van der Waals surface area contributed by atoms with Crippen LogP contribution in [-0.4, -0.2) is 145 Å². The van der Waals surface area contributed by atoms with Crippen LogP contribution in [0.2, 0.25) is 5.02 Å². The maximum absolute atomic E-state index is 13.1. The van der Waals surface area contributed by atoms with Gasteiger partial charge in [0.25, 0.3) is 11.5 Å². The number of likely N-dealkylation sites (N-methyl/N-ethyl adjacent to an activating group) is 2. The van der Waals surface area contributed by atoms with Crippen LogP contribution >= 0.6 is 66.1 Å². The predicted octanol–water partition coefficient (Wildman–Crippen LogP) is 11.2. The number of piperazine rings is 2. The molecule has 6 heterocycles. The van der Waals surface area contributed by atoms with Crippen molar-refractivity contribution in [1.82, 2.24) is 39.2 Å². The molecular formula is C67H72Br2ClN13O8S2. The number of β-amino-alcohol motifs (C(OH)–C–C–N with tert-alkyl or cyclic N) is 1. The van der Waals surface area contributed by atoms with Gasteiger partial charge < -0.3 is 46.0 Å². The Morgan fingerprint density at radius 3 is 2.26 bits per heavy atom. The van der Waals surface area contributed by atoms with E-state index in [0.29, 0.717) is 67.7 Å². The molecule has 4 aromatic carbocycles. The first-order chi connectivity index (χ1) is 44.1. The van der Waals surface area contributed by atoms with E-state index in [4.69, 9.17) is 27.1 Å². The van der Waals surface area contributed by atoms with Crippen molar-refractivity contribution < 1.29 is 34.9 Å². The zero-order valence-electron chi connectivity index (χ0n) is 52.2. The second kappa shape index (κ2) is 32.7. The third-order valence-electron chi connectivity index (χ3n) is 15.8. The van der Waals surface area contributed by atoms with Crippen LogP contribution in [0.1, 0.15) is 83.7 Å². The Kier molecular flexibility index (Phi) is 24.9. The normalized spacial score (nSPS) is 15.0. The topological polar surface area (TPSA) is 287 Å². The molecule has 3 aliphatic rings. The number of thiazole rings is 1. The number of aliphatic hydroxyl groups excluding tert-OH is 2. The molecule has 8 aromatic rings. The van der Waals surface area contributed by atoms with Crippen LogP contribution in [-0.2, 0) is 42.3 Å². The second-order valence-electron chi connectivity index (χ2n) is 22.5. The molecule has 2 fully saturated rings. The highest BCUT2D eigenvalue weighted by Gasteiger charge is 2.32. The molecule has 2 amide bonds. The number of nitrogens with zero attached hydrogens (tertiary/aromatic N) is 10. The Hall–Kier alpha value is -8.03. The van der Waals surface area contributed by atoms with Crippen LogP contribution in [0.15, 0.2) is 135 Å². The highest BCUT2D eigenvalue weighted by atomic mass is 79.9. The molecule has 1 aliphatic carbocycles. The first-order valence-electron chi connectivity index (χ1n) is 29.8. The molecule has 2 saturated heterocycles. The molecule has 0 radical (unpaired) electrons. The number of aryl methyl sites for hydroxylation is 5. The standard InChI is InChI=1S/C33H35N5O3S.C23H27ClN6O2S.C11H8Br2N2O2.H2O/c1-36-15-16-37(2)32(40)30(36)22-11-13-25(14-12-22)34-31-33(41)38(3)20-26(35-31)23-9-6-7-21(17-23)18-27(39)29-19-24-8-4-5-10-28(24)42-29;1-15-4-3-5-18(24)17(15)12-19(32)20-14-25-23(33-20)28-21-13-22(27-16(2)26-21)30-8-6-29(7-9-30)10-11-31;1-6(16)8(5-14)11(17)15-10-4-7(12)2-3-9(10)13;/h6-7,9,11-14,17,19-20,30H,4-5,8,10,15-16,18H2,1-3H3,(H,34,35);3-5,13-14,31H,6-12H2,1-2H3,(H,25,26,27,28);2-4,16H,1H3,(H,15,17);1H2/b;;8-6-;/t30-;;;/m1.../s1. The first kappa shape index (κ1) is 70.8. The van der Waals surface area contributed by atoms with E-state index in [9.17, 15) is 24.0 Å². The number of hydrogen-bond acceptors (Lipinski definition) is 19. The summed E-state index contributed by atoms with van der Waals surface area (Å²) in [5.74, 6) is 1.61. The molecular weight excluding hydrogens is 1370 g/mol. The third kappa shape index (κ3) is 18.4. The van der Waals surface area contributed by atoms with Gasteiger partial charge >= 0.3 is 0 Å². The van der Waals surface area contributed by atoms with Gasteiger partial charge in [0, 0.05) is 115 Å². The van der Waals surface area contributed by atoms with E-state index in [0.717, 1.165) is 88.6 Å². The second-order valence-corrected chi connectivity index (χ2v) is 26.8. The van der Waals surface area contributed by atoms with Crippen molar-refractivity contribution in [3.8, 4) is 17.3 Å². The average Bonchev–Trinajstić information content (AvgIpc) is 1.74. The molecule has 7 N–H and O–H groups in total. The van der Waals surface area contributed by atoms with Gasteiger partial charge in [-0.3, -0.25) is 33.8 Å². The van der Waals surface area contributed by atoms with Gasteiger partial charge in [-0.25, -0.2) is 19.9 Å².